The van der Waals surface area contributed by atoms with E-state index in [2.05, 4.69) is 35.8 Å². The molecule has 0 fully saturated rings. The maximum absolute atomic E-state index is 12.7. The van der Waals surface area contributed by atoms with Crippen LogP contribution in [0.1, 0.15) is 22.4 Å². The summed E-state index contributed by atoms with van der Waals surface area (Å²) in [7, 11) is 0. The fourth-order valence-electron chi connectivity index (χ4n) is 3.23. The molecule has 0 spiro atoms. The van der Waals surface area contributed by atoms with Gasteiger partial charge in [0, 0.05) is 60.2 Å². The number of halogens is 4. The fourth-order valence-corrected chi connectivity index (χ4v) is 3.61. The SMILES string of the molecule is FC(F)(F)c1ccc(-c2ncc3c(n2)CCN(Cc2ccncc2Br)C3)cc1. The van der Waals surface area contributed by atoms with Gasteiger partial charge in [-0.15, -0.1) is 0 Å². The molecule has 1 aromatic carbocycles. The first-order valence-corrected chi connectivity index (χ1v) is 9.52. The number of hydrogen-bond acceptors (Lipinski definition) is 4. The normalized spacial score (nSPS) is 14.7. The molecule has 144 valence electrons. The number of rotatable bonds is 3. The van der Waals surface area contributed by atoms with Crippen molar-refractivity contribution in [1.82, 2.24) is 19.9 Å². The third-order valence-electron chi connectivity index (χ3n) is 4.73. The Hall–Kier alpha value is -2.32. The van der Waals surface area contributed by atoms with Crippen LogP contribution in [0.2, 0.25) is 0 Å². The Balaban J connectivity index is 1.50. The minimum Gasteiger partial charge on any atom is -0.294 e. The van der Waals surface area contributed by atoms with Gasteiger partial charge in [-0.3, -0.25) is 9.88 Å². The minimum absolute atomic E-state index is 0.456. The van der Waals surface area contributed by atoms with Crippen LogP contribution in [-0.4, -0.2) is 26.4 Å². The zero-order chi connectivity index (χ0) is 19.7. The zero-order valence-electron chi connectivity index (χ0n) is 14.7. The summed E-state index contributed by atoms with van der Waals surface area (Å²) in [5, 5.41) is 0. The van der Waals surface area contributed by atoms with Gasteiger partial charge in [-0.05, 0) is 39.7 Å². The molecule has 0 aliphatic carbocycles. The lowest BCUT2D eigenvalue weighted by Gasteiger charge is -2.28. The summed E-state index contributed by atoms with van der Waals surface area (Å²) in [6.45, 7) is 2.38. The van der Waals surface area contributed by atoms with Crippen molar-refractivity contribution in [2.75, 3.05) is 6.54 Å². The molecule has 1 aliphatic heterocycles. The number of hydrogen-bond donors (Lipinski definition) is 0. The lowest BCUT2D eigenvalue weighted by atomic mass is 10.1. The summed E-state index contributed by atoms with van der Waals surface area (Å²) in [5.41, 5.74) is 3.08. The van der Waals surface area contributed by atoms with Crippen molar-refractivity contribution in [3.8, 4) is 11.4 Å². The number of fused-ring (bicyclic) bond motifs is 1. The van der Waals surface area contributed by atoms with Gasteiger partial charge in [0.1, 0.15) is 0 Å². The Morgan fingerprint density at radius 3 is 2.57 bits per heavy atom. The van der Waals surface area contributed by atoms with E-state index in [1.807, 2.05) is 6.07 Å². The Kier molecular flexibility index (Phi) is 5.16. The van der Waals surface area contributed by atoms with Crippen LogP contribution >= 0.6 is 15.9 Å². The number of pyridine rings is 1. The standard InChI is InChI=1S/C20H16BrF3N4/c21-17-10-25-7-5-14(17)11-28-8-6-18-15(12-28)9-26-19(27-18)13-1-3-16(4-2-13)20(22,23)24/h1-5,7,9-10H,6,8,11-12H2. The molecule has 0 radical (unpaired) electrons. The largest absolute Gasteiger partial charge is 0.416 e. The quantitative estimate of drug-likeness (QED) is 0.572. The molecule has 0 saturated carbocycles. The highest BCUT2D eigenvalue weighted by atomic mass is 79.9. The molecule has 0 amide bonds. The summed E-state index contributed by atoms with van der Waals surface area (Å²) in [6.07, 6.45) is 1.77. The summed E-state index contributed by atoms with van der Waals surface area (Å²) < 4.78 is 39.1. The van der Waals surface area contributed by atoms with E-state index in [1.54, 1.807) is 18.6 Å². The number of alkyl halides is 3. The maximum atomic E-state index is 12.7. The van der Waals surface area contributed by atoms with E-state index in [0.29, 0.717) is 11.4 Å². The van der Waals surface area contributed by atoms with Crippen molar-refractivity contribution in [3.63, 3.8) is 0 Å². The van der Waals surface area contributed by atoms with Crippen LogP contribution in [-0.2, 0) is 25.7 Å². The molecular weight excluding hydrogens is 433 g/mol. The van der Waals surface area contributed by atoms with Gasteiger partial charge in [-0.25, -0.2) is 9.97 Å². The molecule has 0 unspecified atom stereocenters. The second kappa shape index (κ2) is 7.60. The molecule has 0 bridgehead atoms. The minimum atomic E-state index is -4.34. The number of aromatic nitrogens is 3. The van der Waals surface area contributed by atoms with E-state index in [0.717, 1.165) is 53.9 Å². The van der Waals surface area contributed by atoms with Crippen molar-refractivity contribution in [1.29, 1.82) is 0 Å². The summed E-state index contributed by atoms with van der Waals surface area (Å²) in [5.74, 6) is 0.456. The van der Waals surface area contributed by atoms with Gasteiger partial charge in [0.05, 0.1) is 11.3 Å². The van der Waals surface area contributed by atoms with E-state index in [4.69, 9.17) is 0 Å². The van der Waals surface area contributed by atoms with Crippen LogP contribution in [0.15, 0.2) is 53.4 Å². The van der Waals surface area contributed by atoms with Gasteiger partial charge in [0.2, 0.25) is 0 Å². The highest BCUT2D eigenvalue weighted by Crippen LogP contribution is 2.30. The third-order valence-corrected chi connectivity index (χ3v) is 5.45. The Morgan fingerprint density at radius 2 is 1.86 bits per heavy atom. The summed E-state index contributed by atoms with van der Waals surface area (Å²) in [4.78, 5) is 15.4. The Bertz CT molecular complexity index is 989. The first-order valence-electron chi connectivity index (χ1n) is 8.73. The molecule has 28 heavy (non-hydrogen) atoms. The van der Waals surface area contributed by atoms with E-state index in [9.17, 15) is 13.2 Å². The van der Waals surface area contributed by atoms with Crippen molar-refractivity contribution < 1.29 is 13.2 Å². The first-order chi connectivity index (χ1) is 13.4. The number of benzene rings is 1. The van der Waals surface area contributed by atoms with Crippen molar-refractivity contribution in [2.45, 2.75) is 25.7 Å². The molecule has 0 atom stereocenters. The topological polar surface area (TPSA) is 41.9 Å². The van der Waals surface area contributed by atoms with Crippen LogP contribution in [0.4, 0.5) is 13.2 Å². The number of nitrogens with zero attached hydrogens (tertiary/aromatic N) is 4. The monoisotopic (exact) mass is 448 g/mol. The molecule has 4 nitrogen and oxygen atoms in total. The third kappa shape index (κ3) is 4.07. The average molecular weight is 449 g/mol. The van der Waals surface area contributed by atoms with Gasteiger partial charge < -0.3 is 0 Å². The molecule has 3 aromatic rings. The smallest absolute Gasteiger partial charge is 0.294 e. The van der Waals surface area contributed by atoms with Crippen LogP contribution in [0, 0.1) is 0 Å². The Labute approximate surface area is 168 Å². The van der Waals surface area contributed by atoms with Gasteiger partial charge in [-0.2, -0.15) is 13.2 Å². The molecular formula is C20H16BrF3N4. The van der Waals surface area contributed by atoms with Gasteiger partial charge in [0.25, 0.3) is 0 Å². The van der Waals surface area contributed by atoms with Gasteiger partial charge in [0.15, 0.2) is 5.82 Å². The van der Waals surface area contributed by atoms with Gasteiger partial charge in [-0.1, -0.05) is 12.1 Å². The van der Waals surface area contributed by atoms with Crippen molar-refractivity contribution >= 4 is 15.9 Å². The van der Waals surface area contributed by atoms with Gasteiger partial charge >= 0.3 is 6.18 Å². The average Bonchev–Trinajstić information content (AvgIpc) is 2.69. The highest BCUT2D eigenvalue weighted by molar-refractivity contribution is 9.10. The molecule has 3 heterocycles. The van der Waals surface area contributed by atoms with Crippen LogP contribution < -0.4 is 0 Å². The van der Waals surface area contributed by atoms with Crippen molar-refractivity contribution in [3.05, 3.63) is 75.8 Å². The molecule has 0 N–H and O–H groups in total. The molecule has 1 aliphatic rings. The van der Waals surface area contributed by atoms with Crippen molar-refractivity contribution in [2.24, 2.45) is 0 Å². The molecule has 2 aromatic heterocycles. The van der Waals surface area contributed by atoms with Crippen LogP contribution in [0.25, 0.3) is 11.4 Å². The van der Waals surface area contributed by atoms with E-state index >= 15 is 0 Å². The first kappa shape index (κ1) is 19.0. The molecule has 0 saturated heterocycles. The lowest BCUT2D eigenvalue weighted by molar-refractivity contribution is -0.137. The second-order valence-corrected chi connectivity index (χ2v) is 7.52. The van der Waals surface area contributed by atoms with E-state index in [-0.39, 0.29) is 0 Å². The predicted octanol–water partition coefficient (Wildman–Crippen LogP) is 4.88. The van der Waals surface area contributed by atoms with Crippen LogP contribution in [0.3, 0.4) is 0 Å². The Morgan fingerprint density at radius 1 is 1.07 bits per heavy atom. The summed E-state index contributed by atoms with van der Waals surface area (Å²) in [6, 6.07) is 6.95. The van der Waals surface area contributed by atoms with Crippen LogP contribution in [0.5, 0.6) is 0 Å². The van der Waals surface area contributed by atoms with E-state index in [1.165, 1.54) is 17.7 Å². The maximum Gasteiger partial charge on any atom is 0.416 e. The second-order valence-electron chi connectivity index (χ2n) is 6.67. The molecule has 4 rings (SSSR count). The summed E-state index contributed by atoms with van der Waals surface area (Å²) >= 11 is 3.52. The fraction of sp³-hybridized carbons (Fsp3) is 0.250. The van der Waals surface area contributed by atoms with E-state index < -0.39 is 11.7 Å². The molecule has 8 heteroatoms. The lowest BCUT2D eigenvalue weighted by Crippen LogP contribution is -2.31. The zero-order valence-corrected chi connectivity index (χ0v) is 16.3. The predicted molar refractivity (Wildman–Crippen MR) is 102 cm³/mol. The highest BCUT2D eigenvalue weighted by Gasteiger charge is 2.30.